The molecule has 0 aromatic carbocycles. The van der Waals surface area contributed by atoms with E-state index in [0.29, 0.717) is 0 Å². The van der Waals surface area contributed by atoms with Crippen LogP contribution in [-0.4, -0.2) is 23.4 Å². The third-order valence-corrected chi connectivity index (χ3v) is 0.447. The molecule has 0 saturated heterocycles. The lowest BCUT2D eigenvalue weighted by Gasteiger charge is -1.86. The van der Waals surface area contributed by atoms with Gasteiger partial charge in [-0.1, -0.05) is 0 Å². The molecule has 0 atom stereocenters. The third-order valence-electron chi connectivity index (χ3n) is 0.447. The Bertz CT molecular complexity index is 79.3. The normalized spacial score (nSPS) is 10.8. The number of alkyl halides is 4. The van der Waals surface area contributed by atoms with Crippen LogP contribution in [0.1, 0.15) is 0 Å². The second-order valence-corrected chi connectivity index (χ2v) is 1.03. The fraction of sp³-hybridized carbons (Fsp3) is 0.667. The molecule has 0 aliphatic rings. The van der Waals surface area contributed by atoms with Crippen molar-refractivity contribution in [1.82, 2.24) is 0 Å². The van der Waals surface area contributed by atoms with Crippen molar-refractivity contribution < 1.29 is 22.4 Å². The van der Waals surface area contributed by atoms with E-state index >= 15 is 0 Å². The van der Waals surface area contributed by atoms with Crippen LogP contribution in [0.4, 0.5) is 17.6 Å². The Morgan fingerprint density at radius 2 is 1.25 bits per heavy atom. The Kier molecular flexibility index (Phi) is 2.44. The van der Waals surface area contributed by atoms with Gasteiger partial charge in [-0.2, -0.15) is 17.6 Å². The van der Waals surface area contributed by atoms with Gasteiger partial charge in [-0.3, -0.25) is 4.79 Å². The molecule has 48 valence electrons. The maximum Gasteiger partial charge on any atom is 0.424 e. The van der Waals surface area contributed by atoms with Crippen LogP contribution in [0.15, 0.2) is 0 Å². The summed E-state index contributed by atoms with van der Waals surface area (Å²) >= 11 is 0. The van der Waals surface area contributed by atoms with E-state index in [2.05, 4.69) is 0 Å². The van der Waals surface area contributed by atoms with Crippen molar-refractivity contribution in [2.75, 3.05) is 0 Å². The van der Waals surface area contributed by atoms with Gasteiger partial charge < -0.3 is 0 Å². The van der Waals surface area contributed by atoms with Crippen LogP contribution >= 0.6 is 0 Å². The molecule has 0 aliphatic carbocycles. The topological polar surface area (TPSA) is 21.4 Å². The van der Waals surface area contributed by atoms with Crippen molar-refractivity contribution in [2.45, 2.75) is 12.9 Å². The molecule has 8 heavy (non-hydrogen) atoms. The Morgan fingerprint density at radius 1 is 1.00 bits per heavy atom. The fourth-order valence-corrected chi connectivity index (χ4v) is 0.0952. The molecular weight excluding hydrogens is 128 g/mol. The van der Waals surface area contributed by atoms with Crippen LogP contribution in [-0.2, 0) is 0 Å². The summed E-state index contributed by atoms with van der Waals surface area (Å²) in [6.45, 7) is 0. The van der Waals surface area contributed by atoms with Crippen LogP contribution in [0, 0.1) is 0 Å². The number of rotatable bonds is 2. The van der Waals surface area contributed by atoms with Gasteiger partial charge in [-0.15, -0.1) is 0 Å². The zero-order valence-electron chi connectivity index (χ0n) is 3.61. The molecule has 0 saturated carbocycles. The fourth-order valence-electron chi connectivity index (χ4n) is 0.0952. The summed E-state index contributed by atoms with van der Waals surface area (Å²) in [6.07, 6.45) is -6.87. The van der Waals surface area contributed by atoms with Gasteiger partial charge in [0, 0.05) is 0 Å². The molecule has 1 nitrogen and oxygen atoms in total. The minimum Gasteiger partial charge on any atom is -0.271 e. The highest BCUT2D eigenvalue weighted by Gasteiger charge is 2.32. The van der Waals surface area contributed by atoms with Crippen LogP contribution in [0.3, 0.4) is 0 Å². The molecule has 1 N–H and O–H groups in total. The highest BCUT2D eigenvalue weighted by atomic mass is 19.3. The van der Waals surface area contributed by atoms with Crippen LogP contribution in [0.2, 0.25) is 0 Å². The second kappa shape index (κ2) is 2.64. The molecule has 0 aliphatic heterocycles. The Balaban J connectivity index is 3.65. The molecule has 0 aromatic rings. The van der Waals surface area contributed by atoms with Gasteiger partial charge in [0.2, 0.25) is 0 Å². The Morgan fingerprint density at radius 3 is 1.25 bits per heavy atom. The highest BCUT2D eigenvalue weighted by molar-refractivity contribution is 5.85. The number of halogens is 4. The van der Waals surface area contributed by atoms with E-state index in [9.17, 15) is 17.6 Å². The number of ketones is 1. The van der Waals surface area contributed by atoms with Gasteiger partial charge in [0.1, 0.15) is 0 Å². The molecule has 0 radical (unpaired) electrons. The number of hydrogen-bond acceptors (Lipinski definition) is 0. The first-order valence-electron chi connectivity index (χ1n) is 1.67. The largest absolute Gasteiger partial charge is 0.424 e. The molecule has 0 spiro atoms. The maximum atomic E-state index is 10.9. The molecule has 0 heterocycles. The predicted molar refractivity (Wildman–Crippen MR) is 19.0 cm³/mol. The van der Waals surface area contributed by atoms with Crippen LogP contribution in [0.25, 0.3) is 0 Å². The van der Waals surface area contributed by atoms with E-state index < -0.39 is 18.6 Å². The summed E-state index contributed by atoms with van der Waals surface area (Å²) in [7, 11) is 0. The smallest absolute Gasteiger partial charge is 0.271 e. The summed E-state index contributed by atoms with van der Waals surface area (Å²) in [5.41, 5.74) is 0. The van der Waals surface area contributed by atoms with Crippen molar-refractivity contribution in [2.24, 2.45) is 0 Å². The second-order valence-electron chi connectivity index (χ2n) is 1.03. The zero-order chi connectivity index (χ0) is 6.73. The lowest BCUT2D eigenvalue weighted by Crippen LogP contribution is -2.19. The first kappa shape index (κ1) is 7.39. The summed E-state index contributed by atoms with van der Waals surface area (Å²) in [5.74, 6) is -2.06. The SMILES string of the molecule is [OH+]=C(C(F)F)C(F)F. The minimum atomic E-state index is -3.44. The van der Waals surface area contributed by atoms with E-state index in [1.807, 2.05) is 0 Å². The van der Waals surface area contributed by atoms with E-state index in [1.165, 1.54) is 0 Å². The zero-order valence-corrected chi connectivity index (χ0v) is 3.61. The monoisotopic (exact) mass is 131 g/mol. The van der Waals surface area contributed by atoms with Crippen LogP contribution in [0.5, 0.6) is 0 Å². The van der Waals surface area contributed by atoms with E-state index in [0.717, 1.165) is 0 Å². The molecule has 0 aromatic heterocycles. The van der Waals surface area contributed by atoms with Gasteiger partial charge in [0.05, 0.1) is 0 Å². The summed E-state index contributed by atoms with van der Waals surface area (Å²) in [5, 5.41) is 0. The first-order chi connectivity index (χ1) is 3.55. The van der Waals surface area contributed by atoms with Gasteiger partial charge in [-0.25, -0.2) is 0 Å². The van der Waals surface area contributed by atoms with Crippen molar-refractivity contribution in [1.29, 1.82) is 0 Å². The standard InChI is InChI=1S/C3H2F4O/c4-2(5)1(8)3(6)7/h2-3H/p+1. The lowest BCUT2D eigenvalue weighted by atomic mass is 10.4. The van der Waals surface area contributed by atoms with E-state index in [-0.39, 0.29) is 0 Å². The molecule has 0 unspecified atom stereocenters. The summed E-state index contributed by atoms with van der Waals surface area (Å²) in [4.78, 5) is 7.62. The molecule has 0 rings (SSSR count). The van der Waals surface area contributed by atoms with E-state index in [1.54, 1.807) is 0 Å². The van der Waals surface area contributed by atoms with Gasteiger partial charge in [-0.05, 0) is 0 Å². The van der Waals surface area contributed by atoms with Gasteiger partial charge in [0.15, 0.2) is 0 Å². The van der Waals surface area contributed by atoms with Crippen molar-refractivity contribution in [3.05, 3.63) is 0 Å². The lowest BCUT2D eigenvalue weighted by molar-refractivity contribution is 0.153. The summed E-state index contributed by atoms with van der Waals surface area (Å²) < 4.78 is 43.6. The first-order valence-corrected chi connectivity index (χ1v) is 1.67. The van der Waals surface area contributed by atoms with Crippen molar-refractivity contribution >= 4 is 5.78 Å². The molecule has 5 heteroatoms. The Labute approximate surface area is 42.3 Å². The predicted octanol–water partition coefficient (Wildman–Crippen LogP) is 1.06. The minimum absolute atomic E-state index is 2.06. The van der Waals surface area contributed by atoms with Crippen molar-refractivity contribution in [3.63, 3.8) is 0 Å². The number of carbonyl (C=O) groups excluding carboxylic acids is 1. The molecule has 0 amide bonds. The molecule has 0 bridgehead atoms. The highest BCUT2D eigenvalue weighted by Crippen LogP contribution is 2.02. The van der Waals surface area contributed by atoms with E-state index in [4.69, 9.17) is 4.79 Å². The maximum absolute atomic E-state index is 10.9. The number of hydrogen-bond donors (Lipinski definition) is 0. The van der Waals surface area contributed by atoms with Gasteiger partial charge >= 0.3 is 18.6 Å². The average molecular weight is 131 g/mol. The third kappa shape index (κ3) is 1.90. The van der Waals surface area contributed by atoms with Crippen LogP contribution < -0.4 is 0 Å². The van der Waals surface area contributed by atoms with Gasteiger partial charge in [0.25, 0.3) is 0 Å². The molecular formula is C3H3F4O+. The average Bonchev–Trinajstić information content (AvgIpc) is 1.64. The molecule has 0 fully saturated rings. The Hall–Kier alpha value is -0.610. The summed E-state index contributed by atoms with van der Waals surface area (Å²) in [6, 6.07) is 0. The quantitative estimate of drug-likeness (QED) is 0.394. The van der Waals surface area contributed by atoms with Crippen molar-refractivity contribution in [3.8, 4) is 0 Å².